The van der Waals surface area contributed by atoms with Crippen LogP contribution in [0.4, 0.5) is 0 Å². The fourth-order valence-electron chi connectivity index (χ4n) is 3.90. The number of hydrogen-bond acceptors (Lipinski definition) is 9. The zero-order chi connectivity index (χ0) is 26.9. The van der Waals surface area contributed by atoms with E-state index in [0.717, 1.165) is 11.3 Å². The fraction of sp³-hybridized carbons (Fsp3) is 0.192. The van der Waals surface area contributed by atoms with Crippen LogP contribution >= 0.6 is 22.9 Å². The van der Waals surface area contributed by atoms with Crippen molar-refractivity contribution in [3.05, 3.63) is 89.6 Å². The molecule has 190 valence electrons. The number of aromatic nitrogens is 1. The Morgan fingerprint density at radius 2 is 1.73 bits per heavy atom. The quantitative estimate of drug-likeness (QED) is 0.361. The van der Waals surface area contributed by atoms with Crippen LogP contribution in [-0.2, 0) is 19.1 Å². The average Bonchev–Trinajstić information content (AvgIpc) is 3.13. The number of rotatable bonds is 5. The van der Waals surface area contributed by atoms with Crippen LogP contribution in [-0.4, -0.2) is 29.6 Å². The molecule has 11 heteroatoms. The molecule has 1 aliphatic rings. The van der Waals surface area contributed by atoms with Crippen LogP contribution in [0, 0.1) is 0 Å². The summed E-state index contributed by atoms with van der Waals surface area (Å²) in [7, 11) is 1.27. The average molecular weight is 541 g/mol. The number of fused-ring (bicyclic) bond motifs is 1. The number of thiazole rings is 1. The summed E-state index contributed by atoms with van der Waals surface area (Å²) in [6.07, 6.45) is 1.55. The van der Waals surface area contributed by atoms with Crippen LogP contribution in [0.15, 0.2) is 63.5 Å². The van der Waals surface area contributed by atoms with E-state index >= 15 is 0 Å². The molecule has 0 radical (unpaired) electrons. The second kappa shape index (κ2) is 10.5. The van der Waals surface area contributed by atoms with Gasteiger partial charge in [-0.3, -0.25) is 19.0 Å². The summed E-state index contributed by atoms with van der Waals surface area (Å²) in [4.78, 5) is 54.3. The molecule has 0 fully saturated rings. The van der Waals surface area contributed by atoms with Crippen molar-refractivity contribution in [3.63, 3.8) is 0 Å². The molecular formula is C26H21ClN2O7S. The van der Waals surface area contributed by atoms with Crippen molar-refractivity contribution in [1.82, 2.24) is 4.57 Å². The first-order valence-corrected chi connectivity index (χ1v) is 12.2. The molecule has 0 spiro atoms. The molecule has 3 aromatic rings. The van der Waals surface area contributed by atoms with E-state index in [4.69, 9.17) is 25.8 Å². The third-order valence-corrected chi connectivity index (χ3v) is 6.63. The molecule has 0 amide bonds. The van der Waals surface area contributed by atoms with E-state index in [2.05, 4.69) is 4.99 Å². The highest BCUT2D eigenvalue weighted by Crippen LogP contribution is 2.31. The smallest absolute Gasteiger partial charge is 0.338 e. The summed E-state index contributed by atoms with van der Waals surface area (Å²) in [5.41, 5.74) is 1.30. The lowest BCUT2D eigenvalue weighted by atomic mass is 9.96. The van der Waals surface area contributed by atoms with Gasteiger partial charge in [-0.1, -0.05) is 35.1 Å². The van der Waals surface area contributed by atoms with Crippen LogP contribution in [0.2, 0.25) is 5.02 Å². The molecule has 0 bridgehead atoms. The number of nitrogens with zero attached hydrogens (tertiary/aromatic N) is 2. The number of allylic oxidation sites excluding steroid dienone is 1. The maximum Gasteiger partial charge on any atom is 0.338 e. The monoisotopic (exact) mass is 540 g/mol. The lowest BCUT2D eigenvalue weighted by Gasteiger charge is -2.24. The summed E-state index contributed by atoms with van der Waals surface area (Å²) < 4.78 is 17.1. The summed E-state index contributed by atoms with van der Waals surface area (Å²) in [6.45, 7) is 4.17. The number of methoxy groups -OCH3 is 1. The maximum atomic E-state index is 13.7. The standard InChI is InChI=1S/C26H21ClN2O7S/c1-13-22(25(33)34-4)23(16-5-8-18(27)9-6-16)29-24(32)21(37-26(29)28-13)11-17-7-10-19(35-14(2)30)12-20(17)36-15(3)31/h5-12,23H,1-4H3/b21-11+. The van der Waals surface area contributed by atoms with E-state index in [0.29, 0.717) is 26.6 Å². The van der Waals surface area contributed by atoms with Gasteiger partial charge in [-0.15, -0.1) is 0 Å². The topological polar surface area (TPSA) is 113 Å². The molecule has 2 heterocycles. The van der Waals surface area contributed by atoms with Gasteiger partial charge in [0.05, 0.1) is 29.0 Å². The van der Waals surface area contributed by atoms with Gasteiger partial charge in [0.2, 0.25) is 0 Å². The Morgan fingerprint density at radius 1 is 1.05 bits per heavy atom. The van der Waals surface area contributed by atoms with E-state index in [1.54, 1.807) is 43.3 Å². The molecule has 0 N–H and O–H groups in total. The molecule has 1 aliphatic heterocycles. The summed E-state index contributed by atoms with van der Waals surface area (Å²) in [6, 6.07) is 10.5. The van der Waals surface area contributed by atoms with Crippen molar-refractivity contribution in [2.45, 2.75) is 26.8 Å². The predicted octanol–water partition coefficient (Wildman–Crippen LogP) is 2.91. The number of carbonyl (C=O) groups excluding carboxylic acids is 3. The number of esters is 3. The first-order valence-electron chi connectivity index (χ1n) is 11.0. The SMILES string of the molecule is COC(=O)C1=C(C)N=c2s/c(=C/c3ccc(OC(C)=O)cc3OC(C)=O)c(=O)n2C1c1ccc(Cl)cc1. The highest BCUT2D eigenvalue weighted by molar-refractivity contribution is 7.07. The number of halogens is 1. The number of carbonyl (C=O) groups is 3. The number of ether oxygens (including phenoxy) is 3. The van der Waals surface area contributed by atoms with E-state index in [-0.39, 0.29) is 21.6 Å². The molecule has 2 aromatic carbocycles. The van der Waals surface area contributed by atoms with Crippen molar-refractivity contribution in [3.8, 4) is 11.5 Å². The van der Waals surface area contributed by atoms with Gasteiger partial charge in [0.1, 0.15) is 11.5 Å². The maximum absolute atomic E-state index is 13.7. The summed E-state index contributed by atoms with van der Waals surface area (Å²) >= 11 is 7.18. The Balaban J connectivity index is 1.93. The lowest BCUT2D eigenvalue weighted by Crippen LogP contribution is -2.39. The van der Waals surface area contributed by atoms with Gasteiger partial charge in [-0.05, 0) is 42.8 Å². The van der Waals surface area contributed by atoms with Crippen molar-refractivity contribution < 1.29 is 28.6 Å². The molecule has 1 atom stereocenters. The van der Waals surface area contributed by atoms with E-state index in [9.17, 15) is 19.2 Å². The third kappa shape index (κ3) is 5.40. The van der Waals surface area contributed by atoms with Gasteiger partial charge in [0, 0.05) is 30.5 Å². The van der Waals surface area contributed by atoms with Gasteiger partial charge < -0.3 is 14.2 Å². The minimum Gasteiger partial charge on any atom is -0.466 e. The van der Waals surface area contributed by atoms with E-state index in [1.165, 1.54) is 37.7 Å². The highest BCUT2D eigenvalue weighted by Gasteiger charge is 2.33. The van der Waals surface area contributed by atoms with Crippen LogP contribution in [0.25, 0.3) is 6.08 Å². The van der Waals surface area contributed by atoms with Crippen LogP contribution in [0.5, 0.6) is 11.5 Å². The summed E-state index contributed by atoms with van der Waals surface area (Å²) in [5.74, 6) is -1.43. The Labute approximate surface area is 219 Å². The highest BCUT2D eigenvalue weighted by atomic mass is 35.5. The van der Waals surface area contributed by atoms with Gasteiger partial charge in [0.15, 0.2) is 4.80 Å². The molecule has 37 heavy (non-hydrogen) atoms. The number of hydrogen-bond donors (Lipinski definition) is 0. The molecule has 1 aromatic heterocycles. The Kier molecular flexibility index (Phi) is 7.42. The van der Waals surface area contributed by atoms with Crippen molar-refractivity contribution >= 4 is 46.9 Å². The van der Waals surface area contributed by atoms with E-state index in [1.807, 2.05) is 0 Å². The van der Waals surface area contributed by atoms with Crippen LogP contribution in [0.3, 0.4) is 0 Å². The fourth-order valence-corrected chi connectivity index (χ4v) is 5.06. The Hall–Kier alpha value is -4.02. The molecular weight excluding hydrogens is 520 g/mol. The third-order valence-electron chi connectivity index (χ3n) is 5.40. The minimum absolute atomic E-state index is 0.109. The minimum atomic E-state index is -0.789. The van der Waals surface area contributed by atoms with Gasteiger partial charge in [0.25, 0.3) is 5.56 Å². The van der Waals surface area contributed by atoms with Crippen molar-refractivity contribution in [2.75, 3.05) is 7.11 Å². The first kappa shape index (κ1) is 26.1. The van der Waals surface area contributed by atoms with Gasteiger partial charge in [-0.2, -0.15) is 0 Å². The van der Waals surface area contributed by atoms with Gasteiger partial charge in [-0.25, -0.2) is 9.79 Å². The molecule has 1 unspecified atom stereocenters. The molecule has 4 rings (SSSR count). The van der Waals surface area contributed by atoms with Crippen LogP contribution < -0.4 is 24.4 Å². The molecule has 0 saturated carbocycles. The largest absolute Gasteiger partial charge is 0.466 e. The molecule has 0 saturated heterocycles. The van der Waals surface area contributed by atoms with Crippen molar-refractivity contribution in [1.29, 1.82) is 0 Å². The van der Waals surface area contributed by atoms with Crippen LogP contribution in [0.1, 0.15) is 37.9 Å². The molecule has 0 aliphatic carbocycles. The van der Waals surface area contributed by atoms with E-state index < -0.39 is 29.5 Å². The number of benzene rings is 2. The zero-order valence-electron chi connectivity index (χ0n) is 20.2. The second-order valence-electron chi connectivity index (χ2n) is 8.01. The summed E-state index contributed by atoms with van der Waals surface area (Å²) in [5, 5.41) is 0.506. The Bertz CT molecular complexity index is 1630. The molecule has 9 nitrogen and oxygen atoms in total. The lowest BCUT2D eigenvalue weighted by molar-refractivity contribution is -0.137. The second-order valence-corrected chi connectivity index (χ2v) is 9.46. The predicted molar refractivity (Wildman–Crippen MR) is 136 cm³/mol. The Morgan fingerprint density at radius 3 is 2.35 bits per heavy atom. The first-order chi connectivity index (χ1) is 17.6. The van der Waals surface area contributed by atoms with Crippen molar-refractivity contribution in [2.24, 2.45) is 4.99 Å². The van der Waals surface area contributed by atoms with Gasteiger partial charge >= 0.3 is 17.9 Å². The zero-order valence-corrected chi connectivity index (χ0v) is 21.8. The normalized spacial score (nSPS) is 15.1.